The molecule has 0 aliphatic carbocycles. The van der Waals surface area contributed by atoms with Gasteiger partial charge in [0.25, 0.3) is 5.89 Å². The third-order valence-electron chi connectivity index (χ3n) is 6.05. The van der Waals surface area contributed by atoms with E-state index in [1.165, 1.54) is 16.7 Å². The summed E-state index contributed by atoms with van der Waals surface area (Å²) in [5.74, 6) is 1.04. The summed E-state index contributed by atoms with van der Waals surface area (Å²) in [6.07, 6.45) is 0. The normalized spacial score (nSPS) is 16.1. The Balaban J connectivity index is 1.66. The maximum atomic E-state index is 5.86. The molecular formula is C28H26N4OS. The van der Waals surface area contributed by atoms with Gasteiger partial charge in [-0.15, -0.1) is 0 Å². The van der Waals surface area contributed by atoms with Crippen LogP contribution in [0.3, 0.4) is 0 Å². The van der Waals surface area contributed by atoms with Crippen LogP contribution in [0.2, 0.25) is 0 Å². The number of hydrogen-bond donors (Lipinski definition) is 1. The van der Waals surface area contributed by atoms with E-state index in [0.29, 0.717) is 16.8 Å². The second-order valence-electron chi connectivity index (χ2n) is 8.76. The molecule has 170 valence electrons. The number of aryl methyl sites for hydroxylation is 3. The first kappa shape index (κ1) is 22.0. The van der Waals surface area contributed by atoms with Crippen LogP contribution in [0.4, 0.5) is 5.69 Å². The highest BCUT2D eigenvalue weighted by atomic mass is 32.1. The summed E-state index contributed by atoms with van der Waals surface area (Å²) >= 11 is 5.86. The van der Waals surface area contributed by atoms with Gasteiger partial charge in [0.1, 0.15) is 0 Å². The molecular weight excluding hydrogens is 440 g/mol. The molecule has 0 fully saturated rings. The van der Waals surface area contributed by atoms with Gasteiger partial charge in [0.05, 0.1) is 11.6 Å². The molecule has 5 nitrogen and oxygen atoms in total. The number of aromatic nitrogens is 2. The standard InChI is InChI=1S/C28H26N4OS/c1-17-10-12-22(13-11-17)26-30-27(33-31-26)24-20(4)32(23-15-18(2)14-19(3)16-23)28(34)29-25(24)21-8-6-5-7-9-21/h5-16,25H,1-4H3,(H,29,34). The number of nitrogens with zero attached hydrogens (tertiary/aromatic N) is 3. The van der Waals surface area contributed by atoms with Crippen molar-refractivity contribution in [2.45, 2.75) is 33.7 Å². The Morgan fingerprint density at radius 3 is 2.21 bits per heavy atom. The molecule has 0 radical (unpaired) electrons. The molecule has 1 N–H and O–H groups in total. The van der Waals surface area contributed by atoms with Crippen molar-refractivity contribution in [3.05, 3.63) is 107 Å². The molecule has 0 amide bonds. The second-order valence-corrected chi connectivity index (χ2v) is 9.15. The lowest BCUT2D eigenvalue weighted by molar-refractivity contribution is 0.404. The number of anilines is 1. The summed E-state index contributed by atoms with van der Waals surface area (Å²) in [4.78, 5) is 6.86. The molecule has 1 aliphatic rings. The Kier molecular flexibility index (Phi) is 5.75. The van der Waals surface area contributed by atoms with Gasteiger partial charge in [0.2, 0.25) is 5.82 Å². The van der Waals surface area contributed by atoms with Crippen LogP contribution in [0, 0.1) is 20.8 Å². The first-order valence-corrected chi connectivity index (χ1v) is 11.7. The van der Waals surface area contributed by atoms with Gasteiger partial charge in [-0.05, 0) is 68.7 Å². The average Bonchev–Trinajstić information content (AvgIpc) is 3.29. The zero-order valence-corrected chi connectivity index (χ0v) is 20.5. The highest BCUT2D eigenvalue weighted by Gasteiger charge is 2.34. The summed E-state index contributed by atoms with van der Waals surface area (Å²) in [6.45, 7) is 8.30. The molecule has 34 heavy (non-hydrogen) atoms. The van der Waals surface area contributed by atoms with E-state index in [2.05, 4.69) is 73.4 Å². The maximum absolute atomic E-state index is 5.86. The molecule has 0 bridgehead atoms. The molecule has 5 rings (SSSR count). The zero-order valence-electron chi connectivity index (χ0n) is 19.7. The minimum atomic E-state index is -0.206. The number of thiocarbonyl (C=S) groups is 1. The first-order chi connectivity index (χ1) is 16.4. The largest absolute Gasteiger partial charge is 0.351 e. The van der Waals surface area contributed by atoms with Crippen molar-refractivity contribution in [1.29, 1.82) is 0 Å². The SMILES string of the molecule is CC1=C(c2nc(-c3ccc(C)cc3)no2)C(c2ccccc2)NC(=S)N1c1cc(C)cc(C)c1. The molecule has 3 aromatic carbocycles. The lowest BCUT2D eigenvalue weighted by atomic mass is 9.94. The topological polar surface area (TPSA) is 54.2 Å². The van der Waals surface area contributed by atoms with E-state index in [1.54, 1.807) is 0 Å². The summed E-state index contributed by atoms with van der Waals surface area (Å²) in [5.41, 5.74) is 8.41. The van der Waals surface area contributed by atoms with Gasteiger partial charge in [-0.2, -0.15) is 4.98 Å². The Morgan fingerprint density at radius 2 is 1.53 bits per heavy atom. The van der Waals surface area contributed by atoms with Crippen molar-refractivity contribution in [2.75, 3.05) is 4.90 Å². The summed E-state index contributed by atoms with van der Waals surface area (Å²) < 4.78 is 5.85. The molecule has 1 aromatic heterocycles. The van der Waals surface area contributed by atoms with E-state index in [4.69, 9.17) is 21.7 Å². The smallest absolute Gasteiger partial charge is 0.258 e. The minimum absolute atomic E-state index is 0.206. The van der Waals surface area contributed by atoms with E-state index in [9.17, 15) is 0 Å². The van der Waals surface area contributed by atoms with Crippen LogP contribution in [-0.4, -0.2) is 15.3 Å². The van der Waals surface area contributed by atoms with Gasteiger partial charge in [0.15, 0.2) is 5.11 Å². The number of benzene rings is 3. The van der Waals surface area contributed by atoms with E-state index in [1.807, 2.05) is 42.5 Å². The molecule has 1 atom stereocenters. The predicted octanol–water partition coefficient (Wildman–Crippen LogP) is 6.53. The van der Waals surface area contributed by atoms with Crippen molar-refractivity contribution >= 4 is 28.6 Å². The fourth-order valence-electron chi connectivity index (χ4n) is 4.46. The van der Waals surface area contributed by atoms with E-state index >= 15 is 0 Å². The van der Waals surface area contributed by atoms with Gasteiger partial charge in [-0.1, -0.05) is 71.4 Å². The van der Waals surface area contributed by atoms with Crippen LogP contribution in [0.25, 0.3) is 17.0 Å². The molecule has 4 aromatic rings. The molecule has 0 saturated carbocycles. The van der Waals surface area contributed by atoms with Crippen molar-refractivity contribution in [2.24, 2.45) is 0 Å². The molecule has 0 saturated heterocycles. The fourth-order valence-corrected chi connectivity index (χ4v) is 4.82. The summed E-state index contributed by atoms with van der Waals surface area (Å²) in [6, 6.07) is 24.5. The van der Waals surface area contributed by atoms with Gasteiger partial charge in [-0.25, -0.2) is 0 Å². The third-order valence-corrected chi connectivity index (χ3v) is 6.35. The number of hydrogen-bond acceptors (Lipinski definition) is 4. The van der Waals surface area contributed by atoms with Crippen molar-refractivity contribution in [3.8, 4) is 11.4 Å². The van der Waals surface area contributed by atoms with Crippen LogP contribution < -0.4 is 10.2 Å². The van der Waals surface area contributed by atoms with Crippen molar-refractivity contribution < 1.29 is 4.52 Å². The van der Waals surface area contributed by atoms with E-state index in [-0.39, 0.29) is 6.04 Å². The van der Waals surface area contributed by atoms with Gasteiger partial charge in [-0.3, -0.25) is 4.90 Å². The van der Waals surface area contributed by atoms with Crippen LogP contribution >= 0.6 is 12.2 Å². The van der Waals surface area contributed by atoms with Gasteiger partial charge in [0, 0.05) is 16.9 Å². The highest BCUT2D eigenvalue weighted by molar-refractivity contribution is 7.80. The zero-order chi connectivity index (χ0) is 23.8. The molecule has 1 aliphatic heterocycles. The van der Waals surface area contributed by atoms with Gasteiger partial charge < -0.3 is 9.84 Å². The lowest BCUT2D eigenvalue weighted by Crippen LogP contribution is -2.46. The third kappa shape index (κ3) is 4.13. The lowest BCUT2D eigenvalue weighted by Gasteiger charge is -2.37. The number of allylic oxidation sites excluding steroid dienone is 1. The maximum Gasteiger partial charge on any atom is 0.258 e. The Morgan fingerprint density at radius 1 is 0.853 bits per heavy atom. The molecule has 2 heterocycles. The summed E-state index contributed by atoms with van der Waals surface area (Å²) in [7, 11) is 0. The quantitative estimate of drug-likeness (QED) is 0.345. The minimum Gasteiger partial charge on any atom is -0.351 e. The van der Waals surface area contributed by atoms with Crippen LogP contribution in [0.15, 0.2) is 83.0 Å². The van der Waals surface area contributed by atoms with Crippen molar-refractivity contribution in [1.82, 2.24) is 15.5 Å². The van der Waals surface area contributed by atoms with Crippen LogP contribution in [-0.2, 0) is 0 Å². The Bertz CT molecular complexity index is 1370. The number of nitrogens with one attached hydrogen (secondary N) is 1. The average molecular weight is 467 g/mol. The highest BCUT2D eigenvalue weighted by Crippen LogP contribution is 2.39. The predicted molar refractivity (Wildman–Crippen MR) is 140 cm³/mol. The molecule has 1 unspecified atom stereocenters. The fraction of sp³-hybridized carbons (Fsp3) is 0.179. The molecule has 6 heteroatoms. The van der Waals surface area contributed by atoms with Crippen LogP contribution in [0.1, 0.15) is 41.1 Å². The van der Waals surface area contributed by atoms with E-state index < -0.39 is 0 Å². The second kappa shape index (κ2) is 8.88. The van der Waals surface area contributed by atoms with E-state index in [0.717, 1.165) is 28.1 Å². The van der Waals surface area contributed by atoms with Crippen LogP contribution in [0.5, 0.6) is 0 Å². The summed E-state index contributed by atoms with van der Waals surface area (Å²) in [5, 5.41) is 8.46. The Hall–Kier alpha value is -3.77. The first-order valence-electron chi connectivity index (χ1n) is 11.3. The number of rotatable bonds is 4. The van der Waals surface area contributed by atoms with Crippen molar-refractivity contribution in [3.63, 3.8) is 0 Å². The molecule has 0 spiro atoms. The van der Waals surface area contributed by atoms with Gasteiger partial charge >= 0.3 is 0 Å². The Labute approximate surface area is 205 Å². The monoisotopic (exact) mass is 466 g/mol.